The van der Waals surface area contributed by atoms with Gasteiger partial charge in [0.25, 0.3) is 11.4 Å². The SMILES string of the molecule is CCC1=C(CC)c2nc1cc1nc(c(-[n+]3ccccc3)c3[nH]c(cc4[nH]c(c(CC)c4CC)c2-[n+]2ccccc2)c(CC)c3CC)C(CC)=C1CC. The molecule has 0 fully saturated rings. The van der Waals surface area contributed by atoms with Crippen molar-refractivity contribution in [3.63, 3.8) is 0 Å². The first-order valence-electron chi connectivity index (χ1n) is 19.7. The highest BCUT2D eigenvalue weighted by Crippen LogP contribution is 2.42. The number of nitrogens with zero attached hydrogens (tertiary/aromatic N) is 4. The summed E-state index contributed by atoms with van der Waals surface area (Å²) >= 11 is 0. The average molecular weight is 691 g/mol. The summed E-state index contributed by atoms with van der Waals surface area (Å²) in [5.74, 6) is 0. The van der Waals surface area contributed by atoms with E-state index in [1.807, 2.05) is 0 Å². The fourth-order valence-electron chi connectivity index (χ4n) is 8.83. The third-order valence-electron chi connectivity index (χ3n) is 11.1. The van der Waals surface area contributed by atoms with Crippen molar-refractivity contribution in [2.75, 3.05) is 0 Å². The van der Waals surface area contributed by atoms with E-state index in [4.69, 9.17) is 9.97 Å². The van der Waals surface area contributed by atoms with Gasteiger partial charge in [-0.3, -0.25) is 0 Å². The molecule has 5 aromatic rings. The van der Waals surface area contributed by atoms with Gasteiger partial charge in [0, 0.05) is 35.3 Å². The minimum atomic E-state index is 0.895. The maximum Gasteiger partial charge on any atom is 0.260 e. The number of nitrogens with one attached hydrogen (secondary N) is 2. The van der Waals surface area contributed by atoms with Crippen molar-refractivity contribution >= 4 is 44.4 Å². The summed E-state index contributed by atoms with van der Waals surface area (Å²) < 4.78 is 4.54. The third kappa shape index (κ3) is 5.73. The molecule has 0 saturated carbocycles. The number of rotatable bonds is 10. The van der Waals surface area contributed by atoms with Gasteiger partial charge in [0.05, 0.1) is 11.4 Å². The smallest absolute Gasteiger partial charge is 0.260 e. The lowest BCUT2D eigenvalue weighted by Crippen LogP contribution is -2.31. The molecular formula is C46H54N6+2. The molecule has 5 aromatic heterocycles. The Morgan fingerprint density at radius 3 is 1.12 bits per heavy atom. The molecule has 0 spiro atoms. The molecule has 2 aliphatic heterocycles. The molecule has 0 unspecified atom stereocenters. The maximum absolute atomic E-state index is 5.61. The van der Waals surface area contributed by atoms with Crippen molar-refractivity contribution in [1.29, 1.82) is 0 Å². The van der Waals surface area contributed by atoms with Crippen LogP contribution < -0.4 is 9.13 Å². The van der Waals surface area contributed by atoms with E-state index in [2.05, 4.69) is 148 Å². The minimum absolute atomic E-state index is 0.895. The van der Waals surface area contributed by atoms with Crippen molar-refractivity contribution < 1.29 is 9.13 Å². The molecule has 7 heterocycles. The largest absolute Gasteiger partial charge is 0.349 e. The molecule has 266 valence electrons. The van der Waals surface area contributed by atoms with Crippen molar-refractivity contribution in [2.45, 2.75) is 107 Å². The fraction of sp³-hybridized carbons (Fsp3) is 0.348. The van der Waals surface area contributed by atoms with Crippen LogP contribution in [0.4, 0.5) is 0 Å². The zero-order valence-electron chi connectivity index (χ0n) is 32.4. The number of aromatic nitrogens is 6. The molecule has 0 atom stereocenters. The highest BCUT2D eigenvalue weighted by molar-refractivity contribution is 5.99. The Hall–Kier alpha value is -5.10. The topological polar surface area (TPSA) is 65.1 Å². The Morgan fingerprint density at radius 1 is 0.423 bits per heavy atom. The average Bonchev–Trinajstić information content (AvgIpc) is 3.92. The van der Waals surface area contributed by atoms with Crippen LogP contribution in [0.2, 0.25) is 0 Å². The summed E-state index contributed by atoms with van der Waals surface area (Å²) in [5, 5.41) is 0. The van der Waals surface area contributed by atoms with Gasteiger partial charge in [0.2, 0.25) is 0 Å². The van der Waals surface area contributed by atoms with Gasteiger partial charge in [-0.05, 0) is 108 Å². The normalized spacial score (nSPS) is 13.1. The Balaban J connectivity index is 1.82. The Labute approximate surface area is 309 Å². The monoisotopic (exact) mass is 690 g/mol. The van der Waals surface area contributed by atoms with Crippen LogP contribution in [0.1, 0.15) is 126 Å². The van der Waals surface area contributed by atoms with Crippen LogP contribution in [0.25, 0.3) is 55.7 Å². The van der Waals surface area contributed by atoms with Gasteiger partial charge < -0.3 is 9.97 Å². The zero-order chi connectivity index (χ0) is 36.5. The summed E-state index contributed by atoms with van der Waals surface area (Å²) in [6.07, 6.45) is 15.9. The second-order valence-electron chi connectivity index (χ2n) is 13.7. The van der Waals surface area contributed by atoms with E-state index in [-0.39, 0.29) is 0 Å². The van der Waals surface area contributed by atoms with Gasteiger partial charge in [-0.15, -0.1) is 0 Å². The van der Waals surface area contributed by atoms with Crippen LogP contribution in [0.5, 0.6) is 0 Å². The first kappa shape index (κ1) is 35.3. The first-order chi connectivity index (χ1) is 25.5. The van der Waals surface area contributed by atoms with Crippen LogP contribution in [-0.2, 0) is 25.7 Å². The number of allylic oxidation sites excluding steroid dienone is 4. The fourth-order valence-corrected chi connectivity index (χ4v) is 8.83. The van der Waals surface area contributed by atoms with Crippen molar-refractivity contribution in [1.82, 2.24) is 19.9 Å². The predicted octanol–water partition coefficient (Wildman–Crippen LogP) is 10.6. The predicted molar refractivity (Wildman–Crippen MR) is 216 cm³/mol. The Bertz CT molecular complexity index is 2210. The summed E-state index contributed by atoms with van der Waals surface area (Å²) in [5.41, 5.74) is 21.7. The number of fused-ring (bicyclic) bond motifs is 8. The molecule has 0 saturated heterocycles. The lowest BCUT2D eigenvalue weighted by molar-refractivity contribution is -0.594. The lowest BCUT2D eigenvalue weighted by Gasteiger charge is -2.06. The molecule has 2 N–H and O–H groups in total. The highest BCUT2D eigenvalue weighted by atomic mass is 15.0. The molecule has 0 radical (unpaired) electrons. The molecule has 0 amide bonds. The van der Waals surface area contributed by atoms with Gasteiger partial charge in [-0.25, -0.2) is 9.97 Å². The van der Waals surface area contributed by atoms with E-state index in [0.717, 1.165) is 108 Å². The van der Waals surface area contributed by atoms with Crippen LogP contribution in [0, 0.1) is 0 Å². The number of aryl methyl sites for hydroxylation is 4. The number of pyridine rings is 2. The van der Waals surface area contributed by atoms with Crippen molar-refractivity contribution in [3.8, 4) is 11.4 Å². The maximum atomic E-state index is 5.61. The van der Waals surface area contributed by atoms with Gasteiger partial charge in [0.1, 0.15) is 22.4 Å². The van der Waals surface area contributed by atoms with Gasteiger partial charge in [-0.1, -0.05) is 67.5 Å². The zero-order valence-corrected chi connectivity index (χ0v) is 32.4. The van der Waals surface area contributed by atoms with Crippen molar-refractivity contribution in [3.05, 3.63) is 118 Å². The second kappa shape index (κ2) is 14.9. The summed E-state index contributed by atoms with van der Waals surface area (Å²) in [7, 11) is 0. The van der Waals surface area contributed by atoms with Crippen LogP contribution in [0.3, 0.4) is 0 Å². The van der Waals surface area contributed by atoms with Crippen LogP contribution in [0.15, 0.2) is 73.3 Å². The first-order valence-corrected chi connectivity index (χ1v) is 19.7. The van der Waals surface area contributed by atoms with E-state index in [1.165, 1.54) is 44.5 Å². The summed E-state index contributed by atoms with van der Waals surface area (Å²) in [4.78, 5) is 19.3. The van der Waals surface area contributed by atoms with Gasteiger partial charge >= 0.3 is 0 Å². The number of hydrogen-bond donors (Lipinski definition) is 2. The van der Waals surface area contributed by atoms with Crippen LogP contribution >= 0.6 is 0 Å². The molecule has 7 rings (SSSR count). The minimum Gasteiger partial charge on any atom is -0.349 e. The third-order valence-corrected chi connectivity index (χ3v) is 11.1. The standard InChI is InChI=1S/C46H54N6/c1-9-29-33(13-5)41-45(51-23-19-17-20-24-51)42-35(15-7)31(11-3)39(49-42)28-40-32(12-4)36(16-8)44(50-40)46(52-25-21-18-22-26-52)43-34(14-6)30(10-2)38(48-43)27-37(29)47-41/h17-28,47-48H,9-16H2,1-8H3/q+2. The molecule has 0 aromatic carbocycles. The molecule has 0 aliphatic carbocycles. The Morgan fingerprint density at radius 2 is 0.788 bits per heavy atom. The van der Waals surface area contributed by atoms with Gasteiger partial charge in [0.15, 0.2) is 24.8 Å². The molecule has 6 heteroatoms. The summed E-state index contributed by atoms with van der Waals surface area (Å²) in [6, 6.07) is 17.3. The number of aromatic amines is 2. The molecular weight excluding hydrogens is 637 g/mol. The lowest BCUT2D eigenvalue weighted by atomic mass is 9.96. The quantitative estimate of drug-likeness (QED) is 0.143. The molecule has 52 heavy (non-hydrogen) atoms. The molecule has 2 aliphatic rings. The highest BCUT2D eigenvalue weighted by Gasteiger charge is 2.31. The number of H-pyrrole nitrogens is 2. The van der Waals surface area contributed by atoms with Gasteiger partial charge in [-0.2, -0.15) is 9.13 Å². The van der Waals surface area contributed by atoms with E-state index < -0.39 is 0 Å². The number of hydrogen-bond acceptors (Lipinski definition) is 2. The van der Waals surface area contributed by atoms with Crippen molar-refractivity contribution in [2.24, 2.45) is 0 Å². The van der Waals surface area contributed by atoms with E-state index in [9.17, 15) is 0 Å². The van der Waals surface area contributed by atoms with E-state index in [1.54, 1.807) is 0 Å². The summed E-state index contributed by atoms with van der Waals surface area (Å²) in [6.45, 7) is 18.2. The molecule has 6 nitrogen and oxygen atoms in total. The second-order valence-corrected chi connectivity index (χ2v) is 13.7. The van der Waals surface area contributed by atoms with E-state index >= 15 is 0 Å². The molecule has 8 bridgehead atoms. The van der Waals surface area contributed by atoms with E-state index in [0.29, 0.717) is 0 Å². The Kier molecular flexibility index (Phi) is 10.1. The van der Waals surface area contributed by atoms with Crippen LogP contribution in [-0.4, -0.2) is 19.9 Å².